The molecule has 0 fully saturated rings. The third-order valence-corrected chi connectivity index (χ3v) is 4.27. The van der Waals surface area contributed by atoms with Crippen LogP contribution in [0.25, 0.3) is 0 Å². The van der Waals surface area contributed by atoms with Gasteiger partial charge in [-0.25, -0.2) is 9.59 Å². The van der Waals surface area contributed by atoms with Crippen LogP contribution in [0.15, 0.2) is 60.7 Å². The van der Waals surface area contributed by atoms with E-state index in [2.05, 4.69) is 0 Å². The quantitative estimate of drug-likeness (QED) is 0.257. The summed E-state index contributed by atoms with van der Waals surface area (Å²) in [6, 6.07) is 13.5. The highest BCUT2D eigenvalue weighted by atomic mass is 16.6. The van der Waals surface area contributed by atoms with E-state index in [4.69, 9.17) is 18.9 Å². The van der Waals surface area contributed by atoms with Crippen molar-refractivity contribution in [1.29, 1.82) is 0 Å². The molecule has 10 heteroatoms. The minimum atomic E-state index is -0.708. The van der Waals surface area contributed by atoms with Gasteiger partial charge in [0, 0.05) is 12.1 Å². The molecular weight excluding hydrogens is 448 g/mol. The molecule has 3 rings (SSSR count). The Balaban J connectivity index is 1.34. The lowest BCUT2D eigenvalue weighted by Crippen LogP contribution is -2.13. The molecule has 0 bridgehead atoms. The van der Waals surface area contributed by atoms with Gasteiger partial charge in [0.1, 0.15) is 60.9 Å². The van der Waals surface area contributed by atoms with Crippen LogP contribution in [-0.4, -0.2) is 58.8 Å². The average Bonchev–Trinajstić information content (AvgIpc) is 2.79. The molecule has 0 aliphatic carbocycles. The zero-order valence-corrected chi connectivity index (χ0v) is 17.8. The van der Waals surface area contributed by atoms with Gasteiger partial charge in [0.25, 0.3) is 0 Å². The lowest BCUT2D eigenvalue weighted by atomic mass is 10.2. The summed E-state index contributed by atoms with van der Waals surface area (Å²) in [6.45, 7) is 0.0697. The maximum Gasteiger partial charge on any atom is 0.338 e. The van der Waals surface area contributed by atoms with Crippen LogP contribution in [0.4, 0.5) is 0 Å². The van der Waals surface area contributed by atoms with Crippen molar-refractivity contribution in [2.75, 3.05) is 26.4 Å². The molecule has 0 aliphatic heterocycles. The van der Waals surface area contributed by atoms with Crippen molar-refractivity contribution < 1.29 is 49.0 Å². The number of esters is 2. The van der Waals surface area contributed by atoms with E-state index < -0.39 is 11.9 Å². The Bertz CT molecular complexity index is 1010. The summed E-state index contributed by atoms with van der Waals surface area (Å²) in [6.07, 6.45) is 0. The van der Waals surface area contributed by atoms with Crippen molar-refractivity contribution in [3.8, 4) is 34.5 Å². The van der Waals surface area contributed by atoms with Crippen LogP contribution in [0.3, 0.4) is 0 Å². The largest absolute Gasteiger partial charge is 0.508 e. The third kappa shape index (κ3) is 7.23. The molecule has 0 saturated heterocycles. The Labute approximate surface area is 194 Å². The molecule has 0 atom stereocenters. The fourth-order valence-corrected chi connectivity index (χ4v) is 2.81. The van der Waals surface area contributed by atoms with Crippen LogP contribution in [0.5, 0.6) is 34.5 Å². The van der Waals surface area contributed by atoms with Gasteiger partial charge in [-0.1, -0.05) is 0 Å². The number of carbonyl (C=O) groups is 2. The maximum atomic E-state index is 11.9. The predicted molar refractivity (Wildman–Crippen MR) is 118 cm³/mol. The number of phenolic OH excluding ortho intramolecular Hbond substituents is 4. The van der Waals surface area contributed by atoms with Crippen LogP contribution in [-0.2, 0) is 9.47 Å². The molecule has 0 saturated carbocycles. The van der Waals surface area contributed by atoms with Gasteiger partial charge in [-0.05, 0) is 48.5 Å². The second-order valence-corrected chi connectivity index (χ2v) is 6.92. The number of rotatable bonds is 10. The molecule has 0 aliphatic rings. The van der Waals surface area contributed by atoms with Gasteiger partial charge in [0.2, 0.25) is 0 Å². The fraction of sp³-hybridized carbons (Fsp3) is 0.167. The van der Waals surface area contributed by atoms with Gasteiger partial charge in [-0.15, -0.1) is 0 Å². The van der Waals surface area contributed by atoms with Crippen molar-refractivity contribution in [2.24, 2.45) is 0 Å². The highest BCUT2D eigenvalue weighted by Crippen LogP contribution is 2.22. The molecule has 0 aromatic heterocycles. The minimum absolute atomic E-state index is 0.0183. The lowest BCUT2D eigenvalue weighted by molar-refractivity contribution is 0.0440. The molecule has 0 unspecified atom stereocenters. The smallest absolute Gasteiger partial charge is 0.338 e. The molecule has 0 spiro atoms. The highest BCUT2D eigenvalue weighted by molar-refractivity contribution is 5.90. The molecule has 0 radical (unpaired) electrons. The van der Waals surface area contributed by atoms with Gasteiger partial charge in [0.15, 0.2) is 0 Å². The number of hydrogen-bond donors (Lipinski definition) is 4. The molecule has 178 valence electrons. The first-order valence-electron chi connectivity index (χ1n) is 10.1. The van der Waals surface area contributed by atoms with E-state index in [9.17, 15) is 30.0 Å². The summed E-state index contributed by atoms with van der Waals surface area (Å²) in [5.41, 5.74) is 0.0366. The maximum absolute atomic E-state index is 11.9. The molecular formula is C24H22O10. The first-order chi connectivity index (χ1) is 16.3. The fourth-order valence-electron chi connectivity index (χ4n) is 2.81. The summed E-state index contributed by atoms with van der Waals surface area (Å²) < 4.78 is 21.0. The predicted octanol–water partition coefficient (Wildman–Crippen LogP) is 2.98. The molecule has 34 heavy (non-hydrogen) atoms. The molecule has 10 nitrogen and oxygen atoms in total. The standard InChI is InChI=1S/C24H22O10/c25-17-9-15(10-18(26)13-17)23(29)33-7-5-31-21-1-2-22(4-3-21)32-6-8-34-24(30)16-11-19(27)14-20(28)12-16/h1-4,9-14,25-28H,5-8H2. The number of hydrogen-bond acceptors (Lipinski definition) is 10. The third-order valence-electron chi connectivity index (χ3n) is 4.27. The Hall–Kier alpha value is -4.60. The Morgan fingerprint density at radius 3 is 1.18 bits per heavy atom. The molecule has 0 heterocycles. The molecule has 4 N–H and O–H groups in total. The summed E-state index contributed by atoms with van der Waals surface area (Å²) in [5, 5.41) is 37.6. The molecule has 3 aromatic rings. The monoisotopic (exact) mass is 470 g/mol. The van der Waals surface area contributed by atoms with Crippen molar-refractivity contribution in [3.63, 3.8) is 0 Å². The second-order valence-electron chi connectivity index (χ2n) is 6.92. The Kier molecular flexibility index (Phi) is 8.01. The number of ether oxygens (including phenoxy) is 4. The van der Waals surface area contributed by atoms with Crippen LogP contribution in [0.1, 0.15) is 20.7 Å². The number of phenols is 4. The SMILES string of the molecule is O=C(OCCOc1ccc(OCCOC(=O)c2cc(O)cc(O)c2)cc1)c1cc(O)cc(O)c1. The zero-order chi connectivity index (χ0) is 24.5. The first-order valence-corrected chi connectivity index (χ1v) is 10.1. The van der Waals surface area contributed by atoms with Crippen LogP contribution in [0, 0.1) is 0 Å². The normalized spacial score (nSPS) is 10.4. The van der Waals surface area contributed by atoms with Crippen LogP contribution in [0.2, 0.25) is 0 Å². The summed E-state index contributed by atoms with van der Waals surface area (Å²) in [4.78, 5) is 23.8. The first kappa shape index (κ1) is 24.1. The van der Waals surface area contributed by atoms with E-state index >= 15 is 0 Å². The molecule has 0 amide bonds. The Morgan fingerprint density at radius 2 is 0.853 bits per heavy atom. The van der Waals surface area contributed by atoms with Gasteiger partial charge in [-0.3, -0.25) is 0 Å². The van der Waals surface area contributed by atoms with Crippen molar-refractivity contribution in [2.45, 2.75) is 0 Å². The van der Waals surface area contributed by atoms with Crippen molar-refractivity contribution >= 4 is 11.9 Å². The number of benzene rings is 3. The van der Waals surface area contributed by atoms with Gasteiger partial charge < -0.3 is 39.4 Å². The van der Waals surface area contributed by atoms with Gasteiger partial charge in [0.05, 0.1) is 11.1 Å². The van der Waals surface area contributed by atoms with Crippen molar-refractivity contribution in [1.82, 2.24) is 0 Å². The number of carbonyl (C=O) groups excluding carboxylic acids is 2. The van der Waals surface area contributed by atoms with Crippen LogP contribution >= 0.6 is 0 Å². The molecule has 3 aromatic carbocycles. The van der Waals surface area contributed by atoms with E-state index in [0.29, 0.717) is 11.5 Å². The summed E-state index contributed by atoms with van der Waals surface area (Å²) in [5.74, 6) is -1.40. The minimum Gasteiger partial charge on any atom is -0.508 e. The highest BCUT2D eigenvalue weighted by Gasteiger charge is 2.11. The second kappa shape index (κ2) is 11.3. The van der Waals surface area contributed by atoms with E-state index in [1.165, 1.54) is 24.3 Å². The van der Waals surface area contributed by atoms with E-state index in [1.807, 2.05) is 0 Å². The average molecular weight is 470 g/mol. The number of aromatic hydroxyl groups is 4. The lowest BCUT2D eigenvalue weighted by Gasteiger charge is -2.10. The van der Waals surface area contributed by atoms with E-state index in [0.717, 1.165) is 12.1 Å². The van der Waals surface area contributed by atoms with Crippen molar-refractivity contribution in [3.05, 3.63) is 71.8 Å². The zero-order valence-electron chi connectivity index (χ0n) is 17.8. The van der Waals surface area contributed by atoms with E-state index in [1.54, 1.807) is 24.3 Å². The van der Waals surface area contributed by atoms with Gasteiger partial charge in [-0.2, -0.15) is 0 Å². The summed E-state index contributed by atoms with van der Waals surface area (Å²) in [7, 11) is 0. The summed E-state index contributed by atoms with van der Waals surface area (Å²) >= 11 is 0. The van der Waals surface area contributed by atoms with E-state index in [-0.39, 0.29) is 60.6 Å². The van der Waals surface area contributed by atoms with Gasteiger partial charge >= 0.3 is 11.9 Å². The Morgan fingerprint density at radius 1 is 0.529 bits per heavy atom. The van der Waals surface area contributed by atoms with Crippen LogP contribution < -0.4 is 9.47 Å². The topological polar surface area (TPSA) is 152 Å².